The van der Waals surface area contributed by atoms with Gasteiger partial charge in [-0.25, -0.2) is 8.91 Å². The maximum Gasteiger partial charge on any atom is 0.255 e. The van der Waals surface area contributed by atoms with E-state index in [2.05, 4.69) is 32.1 Å². The molecule has 0 bridgehead atoms. The monoisotopic (exact) mass is 513 g/mol. The fourth-order valence-corrected chi connectivity index (χ4v) is 4.11. The van der Waals surface area contributed by atoms with Crippen LogP contribution in [0.15, 0.2) is 54.9 Å². The largest absolute Gasteiger partial charge is 0.387 e. The average Bonchev–Trinajstić information content (AvgIpc) is 3.48. The van der Waals surface area contributed by atoms with Crippen molar-refractivity contribution >= 4 is 34.4 Å². The molecule has 11 heteroatoms. The molecule has 3 aromatic heterocycles. The smallest absolute Gasteiger partial charge is 0.255 e. The number of hydrogen-bond acceptors (Lipinski definition) is 7. The first-order valence-corrected chi connectivity index (χ1v) is 11.8. The van der Waals surface area contributed by atoms with Crippen molar-refractivity contribution in [1.29, 1.82) is 5.26 Å². The van der Waals surface area contributed by atoms with Gasteiger partial charge in [-0.2, -0.15) is 10.4 Å². The Balaban J connectivity index is 1.51. The molecule has 0 radical (unpaired) electrons. The zero-order valence-corrected chi connectivity index (χ0v) is 20.6. The molecule has 4 N–H and O–H groups in total. The van der Waals surface area contributed by atoms with E-state index in [4.69, 9.17) is 5.26 Å². The van der Waals surface area contributed by atoms with Gasteiger partial charge in [-0.1, -0.05) is 6.07 Å². The zero-order chi connectivity index (χ0) is 27.0. The maximum absolute atomic E-state index is 14.3. The molecule has 0 aliphatic carbocycles. The summed E-state index contributed by atoms with van der Waals surface area (Å²) in [7, 11) is 0. The summed E-state index contributed by atoms with van der Waals surface area (Å²) in [5.41, 5.74) is 3.35. The zero-order valence-electron chi connectivity index (χ0n) is 20.6. The van der Waals surface area contributed by atoms with Crippen molar-refractivity contribution in [2.45, 2.75) is 32.0 Å². The number of halogens is 1. The number of benzene rings is 1. The van der Waals surface area contributed by atoms with E-state index >= 15 is 0 Å². The van der Waals surface area contributed by atoms with Crippen LogP contribution in [0.1, 0.15) is 35.3 Å². The number of nitriles is 1. The lowest BCUT2D eigenvalue weighted by Gasteiger charge is -2.22. The van der Waals surface area contributed by atoms with Crippen LogP contribution in [0.4, 0.5) is 21.5 Å². The molecule has 2 amide bonds. The highest BCUT2D eigenvalue weighted by Gasteiger charge is 2.27. The Labute approximate surface area is 217 Å². The summed E-state index contributed by atoms with van der Waals surface area (Å²) in [6.45, 7) is 2.27. The summed E-state index contributed by atoms with van der Waals surface area (Å²) in [6, 6.07) is 14.4. The number of carbonyl (C=O) groups excluding carboxylic acids is 2. The summed E-state index contributed by atoms with van der Waals surface area (Å²) in [5, 5.41) is 31.9. The van der Waals surface area contributed by atoms with Gasteiger partial charge in [-0.3, -0.25) is 14.6 Å². The minimum Gasteiger partial charge on any atom is -0.387 e. The van der Waals surface area contributed by atoms with Crippen LogP contribution in [-0.4, -0.2) is 49.8 Å². The quantitative estimate of drug-likeness (QED) is 0.297. The standard InChI is InChI=1S/C27H24FN7O3/c1-27(2,38)24(28)14-31-26(37)19-13-30-22(23-6-5-18-7-15(11-29)12-32-35(18)23)10-21(19)33-17-4-3-16-8-25(36)34-20(16)9-17/h3-7,9-10,12-13,24,38H,8,14H2,1-2H3,(H,30,33)(H,31,37)(H,34,36). The Morgan fingerprint density at radius 3 is 2.84 bits per heavy atom. The SMILES string of the molecule is CC(C)(O)C(F)CNC(=O)c1cnc(-c2ccc3cc(C#N)cnn23)cc1Nc1ccc2c(c1)NC(=O)C2. The first-order valence-electron chi connectivity index (χ1n) is 11.8. The molecular weight excluding hydrogens is 489 g/mol. The number of aromatic nitrogens is 3. The van der Waals surface area contributed by atoms with Crippen LogP contribution in [-0.2, 0) is 11.2 Å². The van der Waals surface area contributed by atoms with E-state index < -0.39 is 17.7 Å². The Kier molecular flexibility index (Phi) is 6.26. The lowest BCUT2D eigenvalue weighted by atomic mass is 10.0. The van der Waals surface area contributed by atoms with E-state index in [0.29, 0.717) is 46.0 Å². The van der Waals surface area contributed by atoms with Gasteiger partial charge in [0.05, 0.1) is 58.5 Å². The van der Waals surface area contributed by atoms with E-state index in [1.54, 1.807) is 40.9 Å². The van der Waals surface area contributed by atoms with Crippen LogP contribution in [0, 0.1) is 11.3 Å². The predicted molar refractivity (Wildman–Crippen MR) is 139 cm³/mol. The summed E-state index contributed by atoms with van der Waals surface area (Å²) in [6.07, 6.45) is 1.46. The third kappa shape index (κ3) is 4.89. The Morgan fingerprint density at radius 1 is 1.26 bits per heavy atom. The minimum atomic E-state index is -1.67. The first-order chi connectivity index (χ1) is 18.1. The molecule has 1 unspecified atom stereocenters. The summed E-state index contributed by atoms with van der Waals surface area (Å²) >= 11 is 0. The molecule has 38 heavy (non-hydrogen) atoms. The molecule has 5 rings (SSSR count). The summed E-state index contributed by atoms with van der Waals surface area (Å²) < 4.78 is 15.9. The van der Waals surface area contributed by atoms with E-state index in [1.807, 2.05) is 6.07 Å². The van der Waals surface area contributed by atoms with Gasteiger partial charge in [0.2, 0.25) is 5.91 Å². The highest BCUT2D eigenvalue weighted by atomic mass is 19.1. The number of rotatable bonds is 7. The van der Waals surface area contributed by atoms with Gasteiger partial charge in [-0.15, -0.1) is 0 Å². The van der Waals surface area contributed by atoms with Gasteiger partial charge < -0.3 is 21.1 Å². The van der Waals surface area contributed by atoms with Crippen LogP contribution in [0.25, 0.3) is 16.9 Å². The third-order valence-electron chi connectivity index (χ3n) is 6.26. The third-order valence-corrected chi connectivity index (χ3v) is 6.26. The van der Waals surface area contributed by atoms with Crippen molar-refractivity contribution < 1.29 is 19.1 Å². The molecule has 4 aromatic rings. The number of nitrogens with one attached hydrogen (secondary N) is 3. The number of aliphatic hydroxyl groups is 1. The lowest BCUT2D eigenvalue weighted by molar-refractivity contribution is -0.115. The molecule has 10 nitrogen and oxygen atoms in total. The molecular formula is C27H24FN7O3. The second kappa shape index (κ2) is 9.57. The summed E-state index contributed by atoms with van der Waals surface area (Å²) in [5.74, 6) is -0.673. The van der Waals surface area contributed by atoms with Crippen molar-refractivity contribution in [3.8, 4) is 17.5 Å². The second-order valence-electron chi connectivity index (χ2n) is 9.58. The van der Waals surface area contributed by atoms with Gasteiger partial charge in [0.1, 0.15) is 12.2 Å². The maximum atomic E-state index is 14.3. The van der Waals surface area contributed by atoms with Crippen molar-refractivity contribution in [2.75, 3.05) is 17.2 Å². The molecule has 4 heterocycles. The van der Waals surface area contributed by atoms with Crippen molar-refractivity contribution in [3.63, 3.8) is 0 Å². The number of hydrogen-bond donors (Lipinski definition) is 4. The Bertz CT molecular complexity index is 1620. The number of amides is 2. The fraction of sp³-hybridized carbons (Fsp3) is 0.222. The van der Waals surface area contributed by atoms with E-state index in [0.717, 1.165) is 5.56 Å². The number of carbonyl (C=O) groups is 2. The van der Waals surface area contributed by atoms with Crippen molar-refractivity contribution in [1.82, 2.24) is 19.9 Å². The molecule has 1 aliphatic heterocycles. The number of pyridine rings is 1. The minimum absolute atomic E-state index is 0.0943. The van der Waals surface area contributed by atoms with Crippen molar-refractivity contribution in [2.24, 2.45) is 0 Å². The number of alkyl halides is 1. The molecule has 1 aromatic carbocycles. The second-order valence-corrected chi connectivity index (χ2v) is 9.58. The highest BCUT2D eigenvalue weighted by Crippen LogP contribution is 2.31. The molecule has 0 spiro atoms. The topological polar surface area (TPSA) is 144 Å². The predicted octanol–water partition coefficient (Wildman–Crippen LogP) is 3.34. The van der Waals surface area contributed by atoms with E-state index in [1.165, 1.54) is 26.2 Å². The first kappa shape index (κ1) is 24.9. The van der Waals surface area contributed by atoms with Gasteiger partial charge in [0.25, 0.3) is 5.91 Å². The lowest BCUT2D eigenvalue weighted by Crippen LogP contribution is -2.42. The van der Waals surface area contributed by atoms with Crippen LogP contribution in [0.5, 0.6) is 0 Å². The fourth-order valence-electron chi connectivity index (χ4n) is 4.11. The van der Waals surface area contributed by atoms with Crippen molar-refractivity contribution in [3.05, 3.63) is 71.5 Å². The molecule has 1 atom stereocenters. The van der Waals surface area contributed by atoms with Gasteiger partial charge in [0.15, 0.2) is 0 Å². The number of nitrogens with zero attached hydrogens (tertiary/aromatic N) is 4. The van der Waals surface area contributed by atoms with E-state index in [-0.39, 0.29) is 18.0 Å². The average molecular weight is 514 g/mol. The Morgan fingerprint density at radius 2 is 2.08 bits per heavy atom. The van der Waals surface area contributed by atoms with Crippen LogP contribution < -0.4 is 16.0 Å². The van der Waals surface area contributed by atoms with Gasteiger partial charge >= 0.3 is 0 Å². The molecule has 192 valence electrons. The number of anilines is 3. The van der Waals surface area contributed by atoms with Crippen LogP contribution in [0.2, 0.25) is 0 Å². The van der Waals surface area contributed by atoms with E-state index in [9.17, 15) is 19.1 Å². The van der Waals surface area contributed by atoms with Gasteiger partial charge in [-0.05, 0) is 55.8 Å². The van der Waals surface area contributed by atoms with Gasteiger partial charge in [0, 0.05) is 17.6 Å². The highest BCUT2D eigenvalue weighted by molar-refractivity contribution is 6.02. The molecule has 0 fully saturated rings. The summed E-state index contributed by atoms with van der Waals surface area (Å²) in [4.78, 5) is 29.3. The van der Waals surface area contributed by atoms with Crippen LogP contribution >= 0.6 is 0 Å². The Hall–Kier alpha value is -4.82. The van der Waals surface area contributed by atoms with Crippen LogP contribution in [0.3, 0.4) is 0 Å². The number of fused-ring (bicyclic) bond motifs is 2. The molecule has 0 saturated carbocycles. The molecule has 1 aliphatic rings. The molecule has 0 saturated heterocycles. The normalized spacial score (nSPS) is 13.5.